The van der Waals surface area contributed by atoms with Crippen LogP contribution in [0.15, 0.2) is 24.3 Å². The van der Waals surface area contributed by atoms with Crippen LogP contribution < -0.4 is 10.1 Å². The molecule has 1 aliphatic rings. The first-order valence-electron chi connectivity index (χ1n) is 6.57. The fourth-order valence-electron chi connectivity index (χ4n) is 2.65. The van der Waals surface area contributed by atoms with Gasteiger partial charge >= 0.3 is 0 Å². The number of hydrogen-bond acceptors (Lipinski definition) is 3. The average molecular weight is 249 g/mol. The van der Waals surface area contributed by atoms with E-state index >= 15 is 0 Å². The van der Waals surface area contributed by atoms with Gasteiger partial charge in [-0.1, -0.05) is 19.1 Å². The highest BCUT2D eigenvalue weighted by Crippen LogP contribution is 2.53. The predicted octanol–water partition coefficient (Wildman–Crippen LogP) is 2.21. The summed E-state index contributed by atoms with van der Waals surface area (Å²) in [6, 6.07) is 8.50. The maximum absolute atomic E-state index is 5.21. The second kappa shape index (κ2) is 5.72. The second-order valence-corrected chi connectivity index (χ2v) is 5.16. The summed E-state index contributed by atoms with van der Waals surface area (Å²) in [7, 11) is 3.44. The van der Waals surface area contributed by atoms with Gasteiger partial charge in [-0.3, -0.25) is 0 Å². The van der Waals surface area contributed by atoms with Crippen LogP contribution in [0.2, 0.25) is 0 Å². The number of hydrogen-bond donors (Lipinski definition) is 1. The minimum Gasteiger partial charge on any atom is -0.497 e. The van der Waals surface area contributed by atoms with Crippen molar-refractivity contribution in [3.05, 3.63) is 29.8 Å². The molecule has 1 N–H and O–H groups in total. The van der Waals surface area contributed by atoms with Crippen LogP contribution in [0.3, 0.4) is 0 Å². The van der Waals surface area contributed by atoms with E-state index in [4.69, 9.17) is 9.47 Å². The summed E-state index contributed by atoms with van der Waals surface area (Å²) >= 11 is 0. The van der Waals surface area contributed by atoms with Crippen molar-refractivity contribution in [1.29, 1.82) is 0 Å². The fourth-order valence-corrected chi connectivity index (χ4v) is 2.65. The molecule has 1 aromatic carbocycles. The Morgan fingerprint density at radius 1 is 1.28 bits per heavy atom. The molecule has 0 saturated heterocycles. The average Bonchev–Trinajstić information content (AvgIpc) is 3.07. The molecule has 3 heteroatoms. The third-order valence-electron chi connectivity index (χ3n) is 4.04. The van der Waals surface area contributed by atoms with Crippen molar-refractivity contribution in [2.45, 2.75) is 18.8 Å². The van der Waals surface area contributed by atoms with Crippen LogP contribution in [0.4, 0.5) is 0 Å². The molecule has 2 atom stereocenters. The first-order valence-corrected chi connectivity index (χ1v) is 6.57. The van der Waals surface area contributed by atoms with Crippen LogP contribution in [-0.4, -0.2) is 33.9 Å². The molecule has 0 amide bonds. The first-order chi connectivity index (χ1) is 8.73. The first kappa shape index (κ1) is 13.4. The number of rotatable bonds is 7. The topological polar surface area (TPSA) is 30.5 Å². The van der Waals surface area contributed by atoms with Gasteiger partial charge < -0.3 is 14.8 Å². The summed E-state index contributed by atoms with van der Waals surface area (Å²) in [5, 5.41) is 3.49. The van der Waals surface area contributed by atoms with Crippen molar-refractivity contribution in [2.24, 2.45) is 5.92 Å². The Balaban J connectivity index is 1.98. The van der Waals surface area contributed by atoms with Crippen molar-refractivity contribution >= 4 is 0 Å². The molecular formula is C15H23NO2. The quantitative estimate of drug-likeness (QED) is 0.752. The van der Waals surface area contributed by atoms with E-state index in [-0.39, 0.29) is 0 Å². The highest BCUT2D eigenvalue weighted by atomic mass is 16.5. The Hall–Kier alpha value is -1.06. The van der Waals surface area contributed by atoms with Gasteiger partial charge in [0.05, 0.1) is 13.7 Å². The van der Waals surface area contributed by atoms with E-state index in [0.29, 0.717) is 5.41 Å². The molecule has 0 aromatic heterocycles. The zero-order chi connectivity index (χ0) is 13.0. The van der Waals surface area contributed by atoms with Gasteiger partial charge in [-0.05, 0) is 30.0 Å². The third-order valence-corrected chi connectivity index (χ3v) is 4.04. The summed E-state index contributed by atoms with van der Waals surface area (Å²) in [6.07, 6.45) is 1.26. The smallest absolute Gasteiger partial charge is 0.118 e. The van der Waals surface area contributed by atoms with E-state index in [0.717, 1.165) is 31.4 Å². The van der Waals surface area contributed by atoms with Gasteiger partial charge in [-0.25, -0.2) is 0 Å². The van der Waals surface area contributed by atoms with Gasteiger partial charge in [-0.2, -0.15) is 0 Å². The van der Waals surface area contributed by atoms with E-state index in [9.17, 15) is 0 Å². The number of ether oxygens (including phenoxy) is 2. The van der Waals surface area contributed by atoms with Crippen molar-refractivity contribution < 1.29 is 9.47 Å². The maximum Gasteiger partial charge on any atom is 0.118 e. The van der Waals surface area contributed by atoms with Gasteiger partial charge in [0.15, 0.2) is 0 Å². The zero-order valence-electron chi connectivity index (χ0n) is 11.5. The fraction of sp³-hybridized carbons (Fsp3) is 0.600. The molecule has 3 nitrogen and oxygen atoms in total. The summed E-state index contributed by atoms with van der Waals surface area (Å²) in [6.45, 7) is 5.04. The Bertz CT molecular complexity index is 377. The normalized spacial score (nSPS) is 26.1. The Kier molecular flexibility index (Phi) is 4.25. The van der Waals surface area contributed by atoms with E-state index in [1.807, 2.05) is 0 Å². The van der Waals surface area contributed by atoms with Crippen molar-refractivity contribution in [3.8, 4) is 5.75 Å². The predicted molar refractivity (Wildman–Crippen MR) is 73.2 cm³/mol. The lowest BCUT2D eigenvalue weighted by Crippen LogP contribution is -2.30. The lowest BCUT2D eigenvalue weighted by Gasteiger charge is -2.18. The molecule has 2 unspecified atom stereocenters. The van der Waals surface area contributed by atoms with Crippen molar-refractivity contribution in [3.63, 3.8) is 0 Å². The van der Waals surface area contributed by atoms with Crippen LogP contribution in [0.1, 0.15) is 18.9 Å². The molecule has 0 aliphatic heterocycles. The SMILES string of the molecule is COCCNCC1(c2ccc(OC)cc2)CC1C. The molecule has 1 saturated carbocycles. The number of methoxy groups -OCH3 is 2. The van der Waals surface area contributed by atoms with Crippen LogP contribution in [0.5, 0.6) is 5.75 Å². The lowest BCUT2D eigenvalue weighted by molar-refractivity contribution is 0.198. The van der Waals surface area contributed by atoms with Crippen LogP contribution >= 0.6 is 0 Å². The summed E-state index contributed by atoms with van der Waals surface area (Å²) < 4.78 is 10.3. The molecule has 0 spiro atoms. The molecular weight excluding hydrogens is 226 g/mol. The molecule has 2 rings (SSSR count). The second-order valence-electron chi connectivity index (χ2n) is 5.16. The van der Waals surface area contributed by atoms with Crippen molar-refractivity contribution in [1.82, 2.24) is 5.32 Å². The third kappa shape index (κ3) is 2.68. The highest BCUT2D eigenvalue weighted by Gasteiger charge is 2.51. The maximum atomic E-state index is 5.21. The summed E-state index contributed by atoms with van der Waals surface area (Å²) in [5.74, 6) is 1.68. The van der Waals surface area contributed by atoms with E-state index in [1.54, 1.807) is 14.2 Å². The minimum absolute atomic E-state index is 0.319. The zero-order valence-corrected chi connectivity index (χ0v) is 11.5. The Labute approximate surface area is 109 Å². The summed E-state index contributed by atoms with van der Waals surface area (Å²) in [4.78, 5) is 0. The Morgan fingerprint density at radius 2 is 1.94 bits per heavy atom. The van der Waals surface area contributed by atoms with Gasteiger partial charge in [0.25, 0.3) is 0 Å². The molecule has 1 aromatic rings. The molecule has 0 heterocycles. The largest absolute Gasteiger partial charge is 0.497 e. The van der Waals surface area contributed by atoms with Crippen LogP contribution in [-0.2, 0) is 10.2 Å². The van der Waals surface area contributed by atoms with E-state index < -0.39 is 0 Å². The molecule has 0 bridgehead atoms. The van der Waals surface area contributed by atoms with E-state index in [1.165, 1.54) is 12.0 Å². The lowest BCUT2D eigenvalue weighted by atomic mass is 9.93. The molecule has 100 valence electrons. The van der Waals surface area contributed by atoms with Gasteiger partial charge in [0.1, 0.15) is 5.75 Å². The van der Waals surface area contributed by atoms with Crippen LogP contribution in [0, 0.1) is 5.92 Å². The van der Waals surface area contributed by atoms with Crippen LogP contribution in [0.25, 0.3) is 0 Å². The van der Waals surface area contributed by atoms with E-state index in [2.05, 4.69) is 36.5 Å². The Morgan fingerprint density at radius 3 is 2.44 bits per heavy atom. The summed E-state index contributed by atoms with van der Waals surface area (Å²) in [5.41, 5.74) is 1.74. The molecule has 1 fully saturated rings. The minimum atomic E-state index is 0.319. The molecule has 1 aliphatic carbocycles. The van der Waals surface area contributed by atoms with Gasteiger partial charge in [-0.15, -0.1) is 0 Å². The standard InChI is InChI=1S/C15H23NO2/c1-12-10-15(12,11-16-8-9-17-2)13-4-6-14(18-3)7-5-13/h4-7,12,16H,8-11H2,1-3H3. The highest BCUT2D eigenvalue weighted by molar-refractivity contribution is 5.37. The van der Waals surface area contributed by atoms with Gasteiger partial charge in [0, 0.05) is 25.6 Å². The number of nitrogens with one attached hydrogen (secondary N) is 1. The van der Waals surface area contributed by atoms with Crippen molar-refractivity contribution in [2.75, 3.05) is 33.9 Å². The monoisotopic (exact) mass is 249 g/mol. The van der Waals surface area contributed by atoms with Gasteiger partial charge in [0.2, 0.25) is 0 Å². The molecule has 18 heavy (non-hydrogen) atoms. The molecule has 0 radical (unpaired) electrons. The number of benzene rings is 1.